The van der Waals surface area contributed by atoms with Crippen LogP contribution >= 0.6 is 0 Å². The monoisotopic (exact) mass is 314 g/mol. The third-order valence-corrected chi connectivity index (χ3v) is 3.23. The number of anilines is 1. The van der Waals surface area contributed by atoms with Crippen LogP contribution in [0.15, 0.2) is 30.3 Å². The van der Waals surface area contributed by atoms with Gasteiger partial charge in [-0.15, -0.1) is 0 Å². The Hall–Kier alpha value is -3.07. The SMILES string of the molecule is COC(=O)Nc1cc(Oc2c(C)cccc2C)c(C#N)cc1F. The molecule has 1 N–H and O–H groups in total. The van der Waals surface area contributed by atoms with E-state index in [9.17, 15) is 9.18 Å². The van der Waals surface area contributed by atoms with E-state index in [-0.39, 0.29) is 17.0 Å². The van der Waals surface area contributed by atoms with Gasteiger partial charge in [0.15, 0.2) is 0 Å². The average molecular weight is 314 g/mol. The number of nitrogens with one attached hydrogen (secondary N) is 1. The van der Waals surface area contributed by atoms with Gasteiger partial charge in [0.2, 0.25) is 0 Å². The Labute approximate surface area is 133 Å². The van der Waals surface area contributed by atoms with Crippen molar-refractivity contribution >= 4 is 11.8 Å². The normalized spacial score (nSPS) is 9.87. The molecule has 0 aliphatic rings. The minimum atomic E-state index is -0.813. The van der Waals surface area contributed by atoms with E-state index in [2.05, 4.69) is 10.1 Å². The maximum Gasteiger partial charge on any atom is 0.411 e. The topological polar surface area (TPSA) is 71.3 Å². The molecule has 0 aromatic heterocycles. The first kappa shape index (κ1) is 16.3. The molecule has 6 heteroatoms. The van der Waals surface area contributed by atoms with E-state index >= 15 is 0 Å². The number of hydrogen-bond acceptors (Lipinski definition) is 4. The van der Waals surface area contributed by atoms with Gasteiger partial charge in [-0.2, -0.15) is 5.26 Å². The number of benzene rings is 2. The van der Waals surface area contributed by atoms with Crippen LogP contribution in [0.25, 0.3) is 0 Å². The molecule has 0 spiro atoms. The highest BCUT2D eigenvalue weighted by atomic mass is 19.1. The molecule has 0 fully saturated rings. The second-order valence-electron chi connectivity index (χ2n) is 4.88. The number of ether oxygens (including phenoxy) is 2. The molecule has 0 aliphatic carbocycles. The fourth-order valence-electron chi connectivity index (χ4n) is 2.05. The van der Waals surface area contributed by atoms with Gasteiger partial charge in [-0.1, -0.05) is 18.2 Å². The van der Waals surface area contributed by atoms with E-state index in [1.165, 1.54) is 13.2 Å². The van der Waals surface area contributed by atoms with Crippen molar-refractivity contribution in [2.75, 3.05) is 12.4 Å². The molecule has 2 aromatic rings. The molecule has 0 saturated carbocycles. The summed E-state index contributed by atoms with van der Waals surface area (Å²) in [6, 6.07) is 9.77. The summed E-state index contributed by atoms with van der Waals surface area (Å²) in [4.78, 5) is 11.3. The maximum atomic E-state index is 13.9. The number of carbonyl (C=O) groups excluding carboxylic acids is 1. The molecule has 2 aromatic carbocycles. The molecule has 1 amide bonds. The molecule has 0 aliphatic heterocycles. The standard InChI is InChI=1S/C17H15FN2O3/c1-10-5-4-6-11(2)16(10)23-15-8-14(20-17(21)22-3)13(18)7-12(15)9-19/h4-8H,1-3H3,(H,20,21). The Morgan fingerprint density at radius 2 is 1.91 bits per heavy atom. The summed E-state index contributed by atoms with van der Waals surface area (Å²) in [5.74, 6) is -0.0156. The predicted molar refractivity (Wildman–Crippen MR) is 83.1 cm³/mol. The lowest BCUT2D eigenvalue weighted by Gasteiger charge is -2.14. The van der Waals surface area contributed by atoms with Crippen LogP contribution in [0.1, 0.15) is 16.7 Å². The van der Waals surface area contributed by atoms with E-state index in [4.69, 9.17) is 10.00 Å². The summed E-state index contributed by atoms with van der Waals surface area (Å²) in [5, 5.41) is 11.4. The summed E-state index contributed by atoms with van der Waals surface area (Å²) >= 11 is 0. The zero-order valence-corrected chi connectivity index (χ0v) is 12.9. The van der Waals surface area contributed by atoms with Crippen LogP contribution < -0.4 is 10.1 Å². The average Bonchev–Trinajstić information content (AvgIpc) is 2.53. The third kappa shape index (κ3) is 3.58. The van der Waals surface area contributed by atoms with Crippen LogP contribution in [0.4, 0.5) is 14.9 Å². The van der Waals surface area contributed by atoms with Gasteiger partial charge in [0.25, 0.3) is 0 Å². The highest BCUT2D eigenvalue weighted by molar-refractivity contribution is 5.85. The van der Waals surface area contributed by atoms with Crippen LogP contribution in [0, 0.1) is 31.0 Å². The first-order valence-corrected chi connectivity index (χ1v) is 6.79. The molecule has 0 atom stereocenters. The summed E-state index contributed by atoms with van der Waals surface area (Å²) < 4.78 is 24.2. The molecule has 0 saturated heterocycles. The van der Waals surface area contributed by atoms with Crippen molar-refractivity contribution in [3.05, 3.63) is 52.8 Å². The number of carbonyl (C=O) groups is 1. The molecular weight excluding hydrogens is 299 g/mol. The molecule has 0 bridgehead atoms. The number of nitriles is 1. The lowest BCUT2D eigenvalue weighted by molar-refractivity contribution is 0.187. The Morgan fingerprint density at radius 1 is 1.26 bits per heavy atom. The number of hydrogen-bond donors (Lipinski definition) is 1. The number of para-hydroxylation sites is 1. The fraction of sp³-hybridized carbons (Fsp3) is 0.176. The van der Waals surface area contributed by atoms with Crippen molar-refractivity contribution in [2.24, 2.45) is 0 Å². The molecule has 0 unspecified atom stereocenters. The van der Waals surface area contributed by atoms with Crippen LogP contribution in [-0.2, 0) is 4.74 Å². The Morgan fingerprint density at radius 3 is 2.48 bits per heavy atom. The molecular formula is C17H15FN2O3. The van der Waals surface area contributed by atoms with Gasteiger partial charge in [0.05, 0.1) is 18.4 Å². The summed E-state index contributed by atoms with van der Waals surface area (Å²) in [5.41, 5.74) is 1.65. The Bertz CT molecular complexity index is 777. The largest absolute Gasteiger partial charge is 0.455 e. The van der Waals surface area contributed by atoms with E-state index in [1.54, 1.807) is 0 Å². The third-order valence-electron chi connectivity index (χ3n) is 3.23. The summed E-state index contributed by atoms with van der Waals surface area (Å²) in [6.07, 6.45) is -0.813. The van der Waals surface area contributed by atoms with Gasteiger partial charge in [0.1, 0.15) is 23.4 Å². The van der Waals surface area contributed by atoms with Crippen LogP contribution in [-0.4, -0.2) is 13.2 Å². The van der Waals surface area contributed by atoms with Gasteiger partial charge >= 0.3 is 6.09 Å². The van der Waals surface area contributed by atoms with E-state index in [0.29, 0.717) is 5.75 Å². The van der Waals surface area contributed by atoms with Crippen molar-refractivity contribution in [3.63, 3.8) is 0 Å². The van der Waals surface area contributed by atoms with E-state index < -0.39 is 11.9 Å². The number of methoxy groups -OCH3 is 1. The molecule has 0 radical (unpaired) electrons. The highest BCUT2D eigenvalue weighted by Gasteiger charge is 2.15. The van der Waals surface area contributed by atoms with Crippen LogP contribution in [0.3, 0.4) is 0 Å². The minimum Gasteiger partial charge on any atom is -0.455 e. The molecule has 0 heterocycles. The number of rotatable bonds is 3. The second kappa shape index (κ2) is 6.79. The summed E-state index contributed by atoms with van der Waals surface area (Å²) in [6.45, 7) is 3.73. The van der Waals surface area contributed by atoms with Crippen molar-refractivity contribution in [2.45, 2.75) is 13.8 Å². The summed E-state index contributed by atoms with van der Waals surface area (Å²) in [7, 11) is 1.17. The van der Waals surface area contributed by atoms with Gasteiger partial charge in [-0.05, 0) is 31.0 Å². The van der Waals surface area contributed by atoms with Crippen LogP contribution in [0.2, 0.25) is 0 Å². The number of aryl methyl sites for hydroxylation is 2. The predicted octanol–water partition coefficient (Wildman–Crippen LogP) is 4.28. The highest BCUT2D eigenvalue weighted by Crippen LogP contribution is 2.33. The molecule has 5 nitrogen and oxygen atoms in total. The molecule has 23 heavy (non-hydrogen) atoms. The van der Waals surface area contributed by atoms with Gasteiger partial charge in [-0.25, -0.2) is 9.18 Å². The van der Waals surface area contributed by atoms with Gasteiger partial charge in [-0.3, -0.25) is 5.32 Å². The van der Waals surface area contributed by atoms with E-state index in [0.717, 1.165) is 17.2 Å². The van der Waals surface area contributed by atoms with E-state index in [1.807, 2.05) is 38.1 Å². The Kier molecular flexibility index (Phi) is 4.82. The second-order valence-corrected chi connectivity index (χ2v) is 4.88. The number of halogens is 1. The van der Waals surface area contributed by atoms with Gasteiger partial charge < -0.3 is 9.47 Å². The zero-order valence-electron chi connectivity index (χ0n) is 12.9. The van der Waals surface area contributed by atoms with Crippen molar-refractivity contribution < 1.29 is 18.7 Å². The lowest BCUT2D eigenvalue weighted by atomic mass is 10.1. The maximum absolute atomic E-state index is 13.9. The van der Waals surface area contributed by atoms with Crippen molar-refractivity contribution in [3.8, 4) is 17.6 Å². The first-order chi connectivity index (χ1) is 11.0. The van der Waals surface area contributed by atoms with Crippen molar-refractivity contribution in [1.82, 2.24) is 0 Å². The molecule has 2 rings (SSSR count). The smallest absolute Gasteiger partial charge is 0.411 e. The fourth-order valence-corrected chi connectivity index (χ4v) is 2.05. The van der Waals surface area contributed by atoms with Crippen molar-refractivity contribution in [1.29, 1.82) is 5.26 Å². The zero-order chi connectivity index (χ0) is 17.0. The number of nitrogens with zero attached hydrogens (tertiary/aromatic N) is 1. The quantitative estimate of drug-likeness (QED) is 0.917. The molecule has 118 valence electrons. The minimum absolute atomic E-state index is 0.0283. The van der Waals surface area contributed by atoms with Gasteiger partial charge in [0, 0.05) is 6.07 Å². The Balaban J connectivity index is 2.46. The number of amides is 1. The first-order valence-electron chi connectivity index (χ1n) is 6.79. The van der Waals surface area contributed by atoms with Crippen LogP contribution in [0.5, 0.6) is 11.5 Å². The lowest BCUT2D eigenvalue weighted by Crippen LogP contribution is -2.12.